The molecule has 1 saturated heterocycles. The summed E-state index contributed by atoms with van der Waals surface area (Å²) >= 11 is 0. The highest BCUT2D eigenvalue weighted by atomic mass is 16.1. The zero-order valence-corrected chi connectivity index (χ0v) is 10.6. The number of pyridine rings is 1. The molecule has 0 aliphatic carbocycles. The second kappa shape index (κ2) is 3.98. The maximum atomic E-state index is 12.4. The molecule has 2 bridgehead atoms. The van der Waals surface area contributed by atoms with Crippen LogP contribution in [-0.2, 0) is 13.0 Å². The number of hydrogen-bond donors (Lipinski definition) is 1. The molecule has 1 aromatic rings. The molecule has 1 fully saturated rings. The molecule has 3 rings (SSSR count). The maximum absolute atomic E-state index is 12.4. The van der Waals surface area contributed by atoms with E-state index in [4.69, 9.17) is 0 Å². The minimum atomic E-state index is 0.263. The summed E-state index contributed by atoms with van der Waals surface area (Å²) in [6.07, 6.45) is 2.09. The molecular formula is C14H20N2O. The molecule has 3 heterocycles. The molecule has 1 aromatic heterocycles. The van der Waals surface area contributed by atoms with Crippen molar-refractivity contribution < 1.29 is 0 Å². The van der Waals surface area contributed by atoms with Gasteiger partial charge in [-0.3, -0.25) is 4.79 Å². The van der Waals surface area contributed by atoms with Crippen LogP contribution in [0.3, 0.4) is 0 Å². The topological polar surface area (TPSA) is 34.0 Å². The zero-order valence-electron chi connectivity index (χ0n) is 10.6. The van der Waals surface area contributed by atoms with Crippen molar-refractivity contribution in [3.05, 3.63) is 33.2 Å². The average Bonchev–Trinajstić information content (AvgIpc) is 2.32. The average molecular weight is 232 g/mol. The van der Waals surface area contributed by atoms with Crippen LogP contribution in [0.15, 0.2) is 10.9 Å². The van der Waals surface area contributed by atoms with E-state index >= 15 is 0 Å². The molecule has 92 valence electrons. The van der Waals surface area contributed by atoms with Crippen molar-refractivity contribution >= 4 is 0 Å². The lowest BCUT2D eigenvalue weighted by molar-refractivity contribution is 0.256. The van der Waals surface area contributed by atoms with Crippen molar-refractivity contribution in [1.82, 2.24) is 9.88 Å². The molecule has 0 radical (unpaired) electrons. The van der Waals surface area contributed by atoms with E-state index in [0.717, 1.165) is 31.6 Å². The quantitative estimate of drug-likeness (QED) is 0.794. The van der Waals surface area contributed by atoms with Crippen LogP contribution in [0.2, 0.25) is 0 Å². The van der Waals surface area contributed by atoms with E-state index in [0.29, 0.717) is 11.8 Å². The summed E-state index contributed by atoms with van der Waals surface area (Å²) in [6.45, 7) is 7.15. The Kier molecular flexibility index (Phi) is 2.58. The highest BCUT2D eigenvalue weighted by molar-refractivity contribution is 5.30. The first-order valence-electron chi connectivity index (χ1n) is 6.64. The molecule has 0 aromatic carbocycles. The van der Waals surface area contributed by atoms with Crippen molar-refractivity contribution in [3.63, 3.8) is 0 Å². The Morgan fingerprint density at radius 1 is 1.47 bits per heavy atom. The van der Waals surface area contributed by atoms with Gasteiger partial charge in [-0.1, -0.05) is 6.92 Å². The van der Waals surface area contributed by atoms with E-state index in [1.165, 1.54) is 17.7 Å². The number of fused-ring (bicyclic) bond motifs is 4. The largest absolute Gasteiger partial charge is 0.316 e. The summed E-state index contributed by atoms with van der Waals surface area (Å²) in [5, 5.41) is 3.48. The molecule has 17 heavy (non-hydrogen) atoms. The summed E-state index contributed by atoms with van der Waals surface area (Å²) in [7, 11) is 0. The van der Waals surface area contributed by atoms with Gasteiger partial charge in [0.1, 0.15) is 0 Å². The predicted molar refractivity (Wildman–Crippen MR) is 68.5 cm³/mol. The van der Waals surface area contributed by atoms with Crippen molar-refractivity contribution in [2.45, 2.75) is 39.2 Å². The van der Waals surface area contributed by atoms with Gasteiger partial charge < -0.3 is 9.88 Å². The van der Waals surface area contributed by atoms with Crippen LogP contribution in [0.5, 0.6) is 0 Å². The Bertz CT molecular complexity index is 504. The van der Waals surface area contributed by atoms with E-state index in [-0.39, 0.29) is 5.56 Å². The van der Waals surface area contributed by atoms with Crippen LogP contribution in [0.1, 0.15) is 36.1 Å². The van der Waals surface area contributed by atoms with Gasteiger partial charge in [-0.25, -0.2) is 0 Å². The van der Waals surface area contributed by atoms with Gasteiger partial charge in [0.05, 0.1) is 0 Å². The van der Waals surface area contributed by atoms with E-state index in [1.54, 1.807) is 0 Å². The van der Waals surface area contributed by atoms with Crippen LogP contribution in [0, 0.1) is 12.8 Å². The Morgan fingerprint density at radius 3 is 3.06 bits per heavy atom. The lowest BCUT2D eigenvalue weighted by Crippen LogP contribution is -2.45. The third-order valence-electron chi connectivity index (χ3n) is 4.31. The van der Waals surface area contributed by atoms with Gasteiger partial charge in [-0.05, 0) is 43.9 Å². The van der Waals surface area contributed by atoms with Crippen LogP contribution in [0.4, 0.5) is 0 Å². The summed E-state index contributed by atoms with van der Waals surface area (Å²) < 4.78 is 2.05. The van der Waals surface area contributed by atoms with Gasteiger partial charge >= 0.3 is 0 Å². The van der Waals surface area contributed by atoms with Crippen molar-refractivity contribution in [1.29, 1.82) is 0 Å². The van der Waals surface area contributed by atoms with E-state index in [2.05, 4.69) is 25.2 Å². The van der Waals surface area contributed by atoms with Crippen molar-refractivity contribution in [3.8, 4) is 0 Å². The second-order valence-corrected chi connectivity index (χ2v) is 5.46. The molecular weight excluding hydrogens is 212 g/mol. The fourth-order valence-electron chi connectivity index (χ4n) is 3.45. The molecule has 2 unspecified atom stereocenters. The van der Waals surface area contributed by atoms with Crippen molar-refractivity contribution in [2.24, 2.45) is 5.92 Å². The molecule has 0 amide bonds. The van der Waals surface area contributed by atoms with Crippen LogP contribution in [0.25, 0.3) is 0 Å². The van der Waals surface area contributed by atoms with Gasteiger partial charge in [0.15, 0.2) is 0 Å². The first kappa shape index (κ1) is 11.0. The molecule has 0 spiro atoms. The van der Waals surface area contributed by atoms with E-state index in [1.807, 2.05) is 4.57 Å². The van der Waals surface area contributed by atoms with E-state index in [9.17, 15) is 4.79 Å². The van der Waals surface area contributed by atoms with E-state index < -0.39 is 0 Å². The Hall–Kier alpha value is -1.09. The second-order valence-electron chi connectivity index (χ2n) is 5.46. The number of aromatic nitrogens is 1. The standard InChI is InChI=1S/C14H20N2O/c1-3-12-9(2)4-13-11-5-10(6-15-7-11)8-16(13)14(12)17/h4,10-11,15H,3,5-8H2,1-2H3. The first-order chi connectivity index (χ1) is 8.20. The van der Waals surface area contributed by atoms with Gasteiger partial charge in [0, 0.05) is 30.3 Å². The molecule has 3 nitrogen and oxygen atoms in total. The lowest BCUT2D eigenvalue weighted by Gasteiger charge is -2.38. The molecule has 2 aliphatic heterocycles. The van der Waals surface area contributed by atoms with Crippen LogP contribution < -0.4 is 10.9 Å². The maximum Gasteiger partial charge on any atom is 0.254 e. The summed E-state index contributed by atoms with van der Waals surface area (Å²) in [5.74, 6) is 1.19. The minimum Gasteiger partial charge on any atom is -0.316 e. The van der Waals surface area contributed by atoms with Gasteiger partial charge in [-0.2, -0.15) is 0 Å². The molecule has 2 atom stereocenters. The number of rotatable bonds is 1. The molecule has 1 N–H and O–H groups in total. The van der Waals surface area contributed by atoms with Crippen LogP contribution in [-0.4, -0.2) is 17.7 Å². The van der Waals surface area contributed by atoms with Gasteiger partial charge in [-0.15, -0.1) is 0 Å². The Labute approximate surface area is 102 Å². The normalized spacial score (nSPS) is 26.7. The summed E-state index contributed by atoms with van der Waals surface area (Å²) in [6, 6.07) is 2.24. The highest BCUT2D eigenvalue weighted by Crippen LogP contribution is 2.32. The predicted octanol–water partition coefficient (Wildman–Crippen LogP) is 1.43. The fraction of sp³-hybridized carbons (Fsp3) is 0.643. The fourth-order valence-corrected chi connectivity index (χ4v) is 3.45. The molecule has 3 heteroatoms. The number of nitrogens with one attached hydrogen (secondary N) is 1. The monoisotopic (exact) mass is 232 g/mol. The third kappa shape index (κ3) is 1.64. The number of nitrogens with zero attached hydrogens (tertiary/aromatic N) is 1. The molecule has 2 aliphatic rings. The highest BCUT2D eigenvalue weighted by Gasteiger charge is 2.31. The van der Waals surface area contributed by atoms with Crippen LogP contribution >= 0.6 is 0 Å². The van der Waals surface area contributed by atoms with Gasteiger partial charge in [0.25, 0.3) is 5.56 Å². The summed E-state index contributed by atoms with van der Waals surface area (Å²) in [5.41, 5.74) is 3.70. The number of hydrogen-bond acceptors (Lipinski definition) is 2. The third-order valence-corrected chi connectivity index (χ3v) is 4.31. The Morgan fingerprint density at radius 2 is 2.29 bits per heavy atom. The SMILES string of the molecule is CCc1c(C)cc2n(c1=O)CC1CNCC2C1. The number of aryl methyl sites for hydroxylation is 1. The first-order valence-corrected chi connectivity index (χ1v) is 6.64. The number of piperidine rings is 1. The minimum absolute atomic E-state index is 0.263. The molecule has 0 saturated carbocycles. The van der Waals surface area contributed by atoms with Gasteiger partial charge in [0.2, 0.25) is 0 Å². The summed E-state index contributed by atoms with van der Waals surface area (Å²) in [4.78, 5) is 12.4. The lowest BCUT2D eigenvalue weighted by atomic mass is 9.83. The Balaban J connectivity index is 2.18. The van der Waals surface area contributed by atoms with Crippen molar-refractivity contribution in [2.75, 3.05) is 13.1 Å². The smallest absolute Gasteiger partial charge is 0.254 e. The zero-order chi connectivity index (χ0) is 12.0.